The lowest BCUT2D eigenvalue weighted by Gasteiger charge is -2.00. The van der Waals surface area contributed by atoms with Crippen molar-refractivity contribution in [1.29, 1.82) is 0 Å². The van der Waals surface area contributed by atoms with Crippen molar-refractivity contribution in [1.82, 2.24) is 0 Å². The van der Waals surface area contributed by atoms with Crippen molar-refractivity contribution in [3.05, 3.63) is 41.4 Å². The summed E-state index contributed by atoms with van der Waals surface area (Å²) in [5, 5.41) is 14.8. The molecule has 0 aliphatic carbocycles. The van der Waals surface area contributed by atoms with E-state index < -0.39 is 10.1 Å². The zero-order valence-electron chi connectivity index (χ0n) is 12.1. The monoisotopic (exact) mass is 351 g/mol. The third-order valence-corrected chi connectivity index (χ3v) is 5.46. The Labute approximate surface area is 137 Å². The predicted octanol–water partition coefficient (Wildman–Crippen LogP) is 2.43. The van der Waals surface area contributed by atoms with Crippen LogP contribution < -0.4 is 4.57 Å². The molecule has 0 unspecified atom stereocenters. The average Bonchev–Trinajstić information content (AvgIpc) is 2.85. The van der Waals surface area contributed by atoms with Crippen LogP contribution in [0.5, 0.6) is 0 Å². The summed E-state index contributed by atoms with van der Waals surface area (Å²) in [5.74, 6) is -0.308. The van der Waals surface area contributed by atoms with Gasteiger partial charge in [-0.05, 0) is 17.5 Å². The molecule has 0 fully saturated rings. The van der Waals surface area contributed by atoms with Crippen molar-refractivity contribution in [2.24, 2.45) is 5.16 Å². The first-order valence-electron chi connectivity index (χ1n) is 6.96. The number of aromatic nitrogens is 1. The molecule has 8 heteroatoms. The Morgan fingerprint density at radius 1 is 1.22 bits per heavy atom. The highest BCUT2D eigenvalue weighted by atomic mass is 32.2. The molecule has 1 heterocycles. The minimum atomic E-state index is -3.99. The number of benzene rings is 2. The standard InChI is InChI=1S/C15H14N2O4S2/c18-16-10-14-17(8-3-9-23(19,20)21)15-12-5-2-1-4-11(12)6-7-13(15)22-14/h1-2,4-7,10H,3,8-9H2,(H,19,20,21)/p+1. The summed E-state index contributed by atoms with van der Waals surface area (Å²) in [7, 11) is -3.99. The molecule has 0 atom stereocenters. The maximum Gasteiger partial charge on any atom is 0.284 e. The fourth-order valence-electron chi connectivity index (χ4n) is 2.65. The van der Waals surface area contributed by atoms with Gasteiger partial charge in [-0.2, -0.15) is 13.0 Å². The van der Waals surface area contributed by atoms with Gasteiger partial charge in [0.25, 0.3) is 15.1 Å². The minimum absolute atomic E-state index is 0.269. The van der Waals surface area contributed by atoms with Crippen molar-refractivity contribution < 1.29 is 22.7 Å². The van der Waals surface area contributed by atoms with E-state index in [2.05, 4.69) is 5.16 Å². The molecule has 0 bridgehead atoms. The third kappa shape index (κ3) is 3.34. The Bertz CT molecular complexity index is 993. The van der Waals surface area contributed by atoms with Gasteiger partial charge in [-0.25, -0.2) is 0 Å². The van der Waals surface area contributed by atoms with Crippen molar-refractivity contribution in [3.8, 4) is 0 Å². The second-order valence-corrected chi connectivity index (χ2v) is 7.74. The average molecular weight is 351 g/mol. The van der Waals surface area contributed by atoms with Crippen LogP contribution in [-0.4, -0.2) is 30.1 Å². The first kappa shape index (κ1) is 15.9. The molecular weight excluding hydrogens is 336 g/mol. The van der Waals surface area contributed by atoms with Crippen LogP contribution in [0.15, 0.2) is 41.6 Å². The zero-order valence-corrected chi connectivity index (χ0v) is 13.7. The molecular formula is C15H15N2O4S2+. The molecule has 2 N–H and O–H groups in total. The lowest BCUT2D eigenvalue weighted by Crippen LogP contribution is -2.37. The third-order valence-electron chi connectivity index (χ3n) is 3.57. The molecule has 2 aromatic carbocycles. The van der Waals surface area contributed by atoms with Crippen LogP contribution in [0.3, 0.4) is 0 Å². The molecule has 0 saturated carbocycles. The van der Waals surface area contributed by atoms with Gasteiger partial charge in [-0.3, -0.25) is 4.55 Å². The van der Waals surface area contributed by atoms with E-state index in [0.717, 1.165) is 21.0 Å². The quantitative estimate of drug-likeness (QED) is 0.243. The predicted molar refractivity (Wildman–Crippen MR) is 89.9 cm³/mol. The number of rotatable bonds is 5. The van der Waals surface area contributed by atoms with E-state index >= 15 is 0 Å². The number of nitrogens with zero attached hydrogens (tertiary/aromatic N) is 2. The van der Waals surface area contributed by atoms with Gasteiger partial charge in [0.2, 0.25) is 5.52 Å². The number of aryl methyl sites for hydroxylation is 1. The fraction of sp³-hybridized carbons (Fsp3) is 0.200. The highest BCUT2D eigenvalue weighted by molar-refractivity contribution is 7.85. The van der Waals surface area contributed by atoms with Gasteiger partial charge >= 0.3 is 0 Å². The zero-order chi connectivity index (χ0) is 16.4. The maximum atomic E-state index is 10.9. The fourth-order valence-corrected chi connectivity index (χ4v) is 4.21. The van der Waals surface area contributed by atoms with Crippen LogP contribution in [0.1, 0.15) is 11.4 Å². The lowest BCUT2D eigenvalue weighted by molar-refractivity contribution is -0.667. The minimum Gasteiger partial charge on any atom is -0.411 e. The summed E-state index contributed by atoms with van der Waals surface area (Å²) in [6.45, 7) is 0.398. The van der Waals surface area contributed by atoms with Gasteiger partial charge in [0.1, 0.15) is 10.9 Å². The maximum absolute atomic E-state index is 10.9. The van der Waals surface area contributed by atoms with Crippen LogP contribution in [0.2, 0.25) is 0 Å². The summed E-state index contributed by atoms with van der Waals surface area (Å²) in [4.78, 5) is 0. The molecule has 0 radical (unpaired) electrons. The second-order valence-electron chi connectivity index (χ2n) is 5.11. The topological polar surface area (TPSA) is 90.8 Å². The summed E-state index contributed by atoms with van der Waals surface area (Å²) < 4.78 is 33.7. The van der Waals surface area contributed by atoms with Crippen LogP contribution in [-0.2, 0) is 16.7 Å². The first-order valence-corrected chi connectivity index (χ1v) is 9.39. The SMILES string of the molecule is O=S(=O)(O)CCC[n+]1c(/C=N/O)sc2ccc3ccccc3c21. The van der Waals surface area contributed by atoms with Crippen LogP contribution in [0, 0.1) is 0 Å². The number of hydrogen-bond acceptors (Lipinski definition) is 5. The Morgan fingerprint density at radius 3 is 2.74 bits per heavy atom. The highest BCUT2D eigenvalue weighted by Gasteiger charge is 2.22. The molecule has 6 nitrogen and oxygen atoms in total. The summed E-state index contributed by atoms with van der Waals surface area (Å²) in [5.41, 5.74) is 0.971. The molecule has 23 heavy (non-hydrogen) atoms. The molecule has 120 valence electrons. The normalized spacial score (nSPS) is 12.6. The Hall–Kier alpha value is -2.03. The Morgan fingerprint density at radius 2 is 2.00 bits per heavy atom. The van der Waals surface area contributed by atoms with E-state index in [-0.39, 0.29) is 12.2 Å². The van der Waals surface area contributed by atoms with Gasteiger partial charge in [-0.1, -0.05) is 40.8 Å². The van der Waals surface area contributed by atoms with Crippen molar-refractivity contribution >= 4 is 48.7 Å². The number of hydrogen-bond donors (Lipinski definition) is 2. The van der Waals surface area contributed by atoms with E-state index in [4.69, 9.17) is 9.76 Å². The summed E-state index contributed by atoms with van der Waals surface area (Å²) in [6.07, 6.45) is 1.61. The smallest absolute Gasteiger partial charge is 0.284 e. The molecule has 0 aliphatic heterocycles. The van der Waals surface area contributed by atoms with Crippen LogP contribution >= 0.6 is 11.3 Å². The molecule has 0 saturated heterocycles. The largest absolute Gasteiger partial charge is 0.411 e. The van der Waals surface area contributed by atoms with Gasteiger partial charge in [0, 0.05) is 6.42 Å². The first-order chi connectivity index (χ1) is 11.0. The second kappa shape index (κ2) is 6.23. The highest BCUT2D eigenvalue weighted by Crippen LogP contribution is 2.27. The van der Waals surface area contributed by atoms with Crippen molar-refractivity contribution in [2.45, 2.75) is 13.0 Å². The van der Waals surface area contributed by atoms with Gasteiger partial charge in [0.15, 0.2) is 6.54 Å². The molecule has 0 aliphatic rings. The van der Waals surface area contributed by atoms with E-state index in [1.54, 1.807) is 0 Å². The van der Waals surface area contributed by atoms with Gasteiger partial charge in [-0.15, -0.1) is 0 Å². The van der Waals surface area contributed by atoms with Crippen molar-refractivity contribution in [3.63, 3.8) is 0 Å². The summed E-state index contributed by atoms with van der Waals surface area (Å²) >= 11 is 1.46. The van der Waals surface area contributed by atoms with E-state index in [1.165, 1.54) is 17.6 Å². The number of fused-ring (bicyclic) bond motifs is 3. The number of thiazole rings is 1. The van der Waals surface area contributed by atoms with Crippen LogP contribution in [0.4, 0.5) is 0 Å². The molecule has 1 aromatic heterocycles. The Balaban J connectivity index is 2.15. The van der Waals surface area contributed by atoms with E-state index in [0.29, 0.717) is 11.6 Å². The molecule has 3 rings (SSSR count). The van der Waals surface area contributed by atoms with E-state index in [1.807, 2.05) is 41.0 Å². The van der Waals surface area contributed by atoms with E-state index in [9.17, 15) is 8.42 Å². The van der Waals surface area contributed by atoms with Gasteiger partial charge in [0.05, 0.1) is 11.1 Å². The van der Waals surface area contributed by atoms with Crippen molar-refractivity contribution in [2.75, 3.05) is 5.75 Å². The van der Waals surface area contributed by atoms with Crippen LogP contribution in [0.25, 0.3) is 21.0 Å². The summed E-state index contributed by atoms with van der Waals surface area (Å²) in [6, 6.07) is 11.9. The number of oxime groups is 1. The lowest BCUT2D eigenvalue weighted by atomic mass is 10.1. The molecule has 0 spiro atoms. The van der Waals surface area contributed by atoms with Gasteiger partial charge < -0.3 is 5.21 Å². The molecule has 3 aromatic rings. The molecule has 0 amide bonds. The Kier molecular flexibility index (Phi) is 4.29.